The average Bonchev–Trinajstić information content (AvgIpc) is 2.66. The highest BCUT2D eigenvalue weighted by Crippen LogP contribution is 2.23. The smallest absolute Gasteiger partial charge is 0.259 e. The van der Waals surface area contributed by atoms with Crippen LogP contribution in [0.4, 0.5) is 5.69 Å². The molecule has 0 saturated heterocycles. The molecular weight excluding hydrogens is 254 g/mol. The highest BCUT2D eigenvalue weighted by atomic mass is 16.5. The van der Waals surface area contributed by atoms with E-state index >= 15 is 0 Å². The lowest BCUT2D eigenvalue weighted by Gasteiger charge is -2.10. The number of amides is 1. The standard InChI is InChI=1S/C15H19N3O2/c1-5-20-13-9-7-6-8-12(13)15(19)16-14-10(2)17-18(4)11(14)3/h6-9H,5H2,1-4H3,(H,16,19). The summed E-state index contributed by atoms with van der Waals surface area (Å²) in [5, 5.41) is 7.20. The molecule has 106 valence electrons. The van der Waals surface area contributed by atoms with Gasteiger partial charge in [-0.05, 0) is 32.9 Å². The lowest BCUT2D eigenvalue weighted by Crippen LogP contribution is -2.14. The molecule has 1 aromatic carbocycles. The third-order valence-corrected chi connectivity index (χ3v) is 3.18. The van der Waals surface area contributed by atoms with Gasteiger partial charge in [0.15, 0.2) is 0 Å². The van der Waals surface area contributed by atoms with E-state index in [0.29, 0.717) is 17.9 Å². The summed E-state index contributed by atoms with van der Waals surface area (Å²) >= 11 is 0. The molecule has 5 nitrogen and oxygen atoms in total. The van der Waals surface area contributed by atoms with E-state index < -0.39 is 0 Å². The van der Waals surface area contributed by atoms with Gasteiger partial charge >= 0.3 is 0 Å². The Morgan fingerprint density at radius 2 is 2.05 bits per heavy atom. The number of hydrogen-bond acceptors (Lipinski definition) is 3. The van der Waals surface area contributed by atoms with E-state index in [9.17, 15) is 4.79 Å². The summed E-state index contributed by atoms with van der Waals surface area (Å²) in [6, 6.07) is 7.21. The molecule has 0 unspecified atom stereocenters. The summed E-state index contributed by atoms with van der Waals surface area (Å²) in [5.74, 6) is 0.403. The van der Waals surface area contributed by atoms with Crippen molar-refractivity contribution in [2.24, 2.45) is 7.05 Å². The predicted molar refractivity (Wildman–Crippen MR) is 78.2 cm³/mol. The zero-order valence-electron chi connectivity index (χ0n) is 12.2. The molecule has 0 bridgehead atoms. The fraction of sp³-hybridized carbons (Fsp3) is 0.333. The summed E-state index contributed by atoms with van der Waals surface area (Å²) in [6.45, 7) is 6.21. The summed E-state index contributed by atoms with van der Waals surface area (Å²) in [6.07, 6.45) is 0. The Hall–Kier alpha value is -2.30. The van der Waals surface area contributed by atoms with Gasteiger partial charge in [0.2, 0.25) is 0 Å². The number of nitrogens with zero attached hydrogens (tertiary/aromatic N) is 2. The second kappa shape index (κ2) is 5.77. The van der Waals surface area contributed by atoms with E-state index in [0.717, 1.165) is 17.1 Å². The number of aromatic nitrogens is 2. The van der Waals surface area contributed by atoms with Crippen molar-refractivity contribution in [1.82, 2.24) is 9.78 Å². The van der Waals surface area contributed by atoms with E-state index in [4.69, 9.17) is 4.74 Å². The van der Waals surface area contributed by atoms with E-state index in [1.165, 1.54) is 0 Å². The molecule has 1 heterocycles. The maximum atomic E-state index is 12.4. The SMILES string of the molecule is CCOc1ccccc1C(=O)Nc1c(C)nn(C)c1C. The van der Waals surface area contributed by atoms with E-state index in [1.54, 1.807) is 16.8 Å². The second-order valence-electron chi connectivity index (χ2n) is 4.55. The Balaban J connectivity index is 2.29. The molecule has 0 aliphatic rings. The van der Waals surface area contributed by atoms with Gasteiger partial charge in [0.05, 0.1) is 29.2 Å². The van der Waals surface area contributed by atoms with Crippen LogP contribution in [0, 0.1) is 13.8 Å². The van der Waals surface area contributed by atoms with Crippen molar-refractivity contribution in [2.45, 2.75) is 20.8 Å². The van der Waals surface area contributed by atoms with Crippen LogP contribution in [0.3, 0.4) is 0 Å². The van der Waals surface area contributed by atoms with Crippen molar-refractivity contribution in [3.8, 4) is 5.75 Å². The Morgan fingerprint density at radius 3 is 2.65 bits per heavy atom. The summed E-state index contributed by atoms with van der Waals surface area (Å²) in [5.41, 5.74) is 3.00. The van der Waals surface area contributed by atoms with Crippen LogP contribution in [0.5, 0.6) is 5.75 Å². The summed E-state index contributed by atoms with van der Waals surface area (Å²) in [7, 11) is 1.85. The molecular formula is C15H19N3O2. The van der Waals surface area contributed by atoms with Crippen molar-refractivity contribution in [1.29, 1.82) is 0 Å². The van der Waals surface area contributed by atoms with E-state index in [-0.39, 0.29) is 5.91 Å². The van der Waals surface area contributed by atoms with Crippen molar-refractivity contribution in [2.75, 3.05) is 11.9 Å². The molecule has 0 fully saturated rings. The zero-order valence-corrected chi connectivity index (χ0v) is 12.2. The van der Waals surface area contributed by atoms with Crippen molar-refractivity contribution in [3.05, 3.63) is 41.2 Å². The molecule has 20 heavy (non-hydrogen) atoms. The molecule has 0 radical (unpaired) electrons. The van der Waals surface area contributed by atoms with Crippen molar-refractivity contribution >= 4 is 11.6 Å². The number of hydrogen-bond donors (Lipinski definition) is 1. The molecule has 2 aromatic rings. The number of carbonyl (C=O) groups is 1. The van der Waals surface area contributed by atoms with Crippen LogP contribution < -0.4 is 10.1 Å². The van der Waals surface area contributed by atoms with Crippen LogP contribution in [-0.2, 0) is 7.05 Å². The topological polar surface area (TPSA) is 56.1 Å². The fourth-order valence-corrected chi connectivity index (χ4v) is 2.07. The lowest BCUT2D eigenvalue weighted by molar-refractivity contribution is 0.102. The molecule has 5 heteroatoms. The number of nitrogens with one attached hydrogen (secondary N) is 1. The minimum atomic E-state index is -0.187. The van der Waals surface area contributed by atoms with Crippen molar-refractivity contribution < 1.29 is 9.53 Å². The second-order valence-corrected chi connectivity index (χ2v) is 4.55. The highest BCUT2D eigenvalue weighted by molar-refractivity contribution is 6.06. The third kappa shape index (κ3) is 2.66. The van der Waals surface area contributed by atoms with E-state index in [2.05, 4.69) is 10.4 Å². The minimum absolute atomic E-state index is 0.187. The molecule has 0 atom stereocenters. The minimum Gasteiger partial charge on any atom is -0.493 e. The Labute approximate surface area is 118 Å². The third-order valence-electron chi connectivity index (χ3n) is 3.18. The van der Waals surface area contributed by atoms with E-state index in [1.807, 2.05) is 40.0 Å². The molecule has 1 N–H and O–H groups in total. The van der Waals surface area contributed by atoms with Gasteiger partial charge in [-0.15, -0.1) is 0 Å². The van der Waals surface area contributed by atoms with Gasteiger partial charge in [0.1, 0.15) is 5.75 Å². The van der Waals surface area contributed by atoms with Gasteiger partial charge in [-0.2, -0.15) is 5.10 Å². The number of ether oxygens (including phenoxy) is 1. The Kier molecular flexibility index (Phi) is 4.08. The maximum absolute atomic E-state index is 12.4. The highest BCUT2D eigenvalue weighted by Gasteiger charge is 2.16. The molecule has 1 aromatic heterocycles. The number of rotatable bonds is 4. The quantitative estimate of drug-likeness (QED) is 0.931. The Bertz CT molecular complexity index is 632. The lowest BCUT2D eigenvalue weighted by atomic mass is 10.2. The van der Waals surface area contributed by atoms with Gasteiger partial charge < -0.3 is 10.1 Å². The number of anilines is 1. The van der Waals surface area contributed by atoms with Crippen LogP contribution in [0.2, 0.25) is 0 Å². The number of benzene rings is 1. The molecule has 0 saturated carbocycles. The maximum Gasteiger partial charge on any atom is 0.259 e. The van der Waals surface area contributed by atoms with Crippen LogP contribution in [0.25, 0.3) is 0 Å². The number of carbonyl (C=O) groups excluding carboxylic acids is 1. The first-order valence-corrected chi connectivity index (χ1v) is 6.58. The predicted octanol–water partition coefficient (Wildman–Crippen LogP) is 2.69. The van der Waals surface area contributed by atoms with Gasteiger partial charge in [-0.1, -0.05) is 12.1 Å². The Morgan fingerprint density at radius 1 is 1.35 bits per heavy atom. The molecule has 0 aliphatic carbocycles. The van der Waals surface area contributed by atoms with Gasteiger partial charge in [0, 0.05) is 7.05 Å². The van der Waals surface area contributed by atoms with Gasteiger partial charge in [-0.25, -0.2) is 0 Å². The van der Waals surface area contributed by atoms with Crippen LogP contribution in [-0.4, -0.2) is 22.3 Å². The first-order chi connectivity index (χ1) is 9.54. The van der Waals surface area contributed by atoms with Gasteiger partial charge in [-0.3, -0.25) is 9.48 Å². The molecule has 1 amide bonds. The molecule has 2 rings (SSSR count). The first-order valence-electron chi connectivity index (χ1n) is 6.58. The van der Waals surface area contributed by atoms with Crippen molar-refractivity contribution in [3.63, 3.8) is 0 Å². The molecule has 0 spiro atoms. The first kappa shape index (κ1) is 14.1. The normalized spacial score (nSPS) is 10.4. The summed E-state index contributed by atoms with van der Waals surface area (Å²) in [4.78, 5) is 12.4. The average molecular weight is 273 g/mol. The fourth-order valence-electron chi connectivity index (χ4n) is 2.07. The van der Waals surface area contributed by atoms with Crippen LogP contribution in [0.1, 0.15) is 28.7 Å². The monoisotopic (exact) mass is 273 g/mol. The summed E-state index contributed by atoms with van der Waals surface area (Å²) < 4.78 is 7.23. The van der Waals surface area contributed by atoms with Crippen LogP contribution in [0.15, 0.2) is 24.3 Å². The zero-order chi connectivity index (χ0) is 14.7. The van der Waals surface area contributed by atoms with Gasteiger partial charge in [0.25, 0.3) is 5.91 Å². The molecule has 0 aliphatic heterocycles. The largest absolute Gasteiger partial charge is 0.493 e. The number of para-hydroxylation sites is 1. The van der Waals surface area contributed by atoms with Crippen LogP contribution >= 0.6 is 0 Å². The number of aryl methyl sites for hydroxylation is 2.